The number of hydrogen-bond acceptors (Lipinski definition) is 4. The molecule has 176 valence electrons. The lowest BCUT2D eigenvalue weighted by Gasteiger charge is -2.38. The van der Waals surface area contributed by atoms with Gasteiger partial charge in [-0.05, 0) is 44.1 Å². The molecule has 1 fully saturated rings. The summed E-state index contributed by atoms with van der Waals surface area (Å²) in [6.45, 7) is 7.34. The Bertz CT molecular complexity index is 894. The third kappa shape index (κ3) is 6.02. The second kappa shape index (κ2) is 12.0. The van der Waals surface area contributed by atoms with Gasteiger partial charge in [-0.15, -0.1) is 12.4 Å². The number of benzene rings is 2. The van der Waals surface area contributed by atoms with Gasteiger partial charge >= 0.3 is 5.97 Å². The summed E-state index contributed by atoms with van der Waals surface area (Å²) in [5.41, 5.74) is 2.00. The third-order valence-electron chi connectivity index (χ3n) is 5.93. The lowest BCUT2D eigenvalue weighted by molar-refractivity contribution is -0.137. The molecule has 2 aromatic rings. The van der Waals surface area contributed by atoms with E-state index in [1.54, 1.807) is 12.1 Å². The number of halogens is 3. The Morgan fingerprint density at radius 1 is 1.16 bits per heavy atom. The summed E-state index contributed by atoms with van der Waals surface area (Å²) in [5.74, 6) is 0.841. The van der Waals surface area contributed by atoms with Crippen LogP contribution in [-0.4, -0.2) is 42.2 Å². The summed E-state index contributed by atoms with van der Waals surface area (Å²) in [7, 11) is 0. The van der Waals surface area contributed by atoms with Crippen LogP contribution in [0.15, 0.2) is 36.4 Å². The number of piperidine rings is 1. The van der Waals surface area contributed by atoms with Crippen molar-refractivity contribution in [2.24, 2.45) is 0 Å². The summed E-state index contributed by atoms with van der Waals surface area (Å²) in [6, 6.07) is 11.4. The quantitative estimate of drug-likeness (QED) is 0.508. The predicted octanol–water partition coefficient (Wildman–Crippen LogP) is 6.22. The van der Waals surface area contributed by atoms with Gasteiger partial charge in [-0.1, -0.05) is 49.2 Å². The molecule has 2 heterocycles. The van der Waals surface area contributed by atoms with Gasteiger partial charge in [-0.2, -0.15) is 0 Å². The fourth-order valence-corrected chi connectivity index (χ4v) is 4.65. The van der Waals surface area contributed by atoms with Crippen LogP contribution in [0.1, 0.15) is 44.2 Å². The Hall–Kier alpha value is -1.66. The lowest BCUT2D eigenvalue weighted by atomic mass is 9.74. The predicted molar refractivity (Wildman–Crippen MR) is 131 cm³/mol. The number of carboxylic acids is 1. The standard InChI is InChI=1S/C22H23Cl2NO4.C2H6.ClH/c23-18-2-1-3-19(24)16(18)13-28-15-4-5-17-20(12-15)29-14-22(17)7-10-25(11-8-22)9-6-21(26)27;1-2;/h1-5,12H,6-11,13-14H2,(H,26,27);1-2H3;1H. The minimum atomic E-state index is -0.745. The van der Waals surface area contributed by atoms with Crippen molar-refractivity contribution in [2.45, 2.75) is 45.1 Å². The van der Waals surface area contributed by atoms with E-state index in [4.69, 9.17) is 37.8 Å². The van der Waals surface area contributed by atoms with E-state index >= 15 is 0 Å². The second-order valence-corrected chi connectivity index (χ2v) is 8.52. The maximum atomic E-state index is 10.8. The summed E-state index contributed by atoms with van der Waals surface area (Å²) >= 11 is 12.4. The molecule has 8 heteroatoms. The zero-order valence-corrected chi connectivity index (χ0v) is 20.7. The van der Waals surface area contributed by atoms with Crippen LogP contribution >= 0.6 is 35.6 Å². The molecule has 4 rings (SSSR count). The molecule has 2 aliphatic rings. The molecule has 2 aromatic carbocycles. The fraction of sp³-hybridized carbons (Fsp3) is 0.458. The molecule has 5 nitrogen and oxygen atoms in total. The smallest absolute Gasteiger partial charge is 0.304 e. The lowest BCUT2D eigenvalue weighted by Crippen LogP contribution is -2.44. The van der Waals surface area contributed by atoms with Crippen LogP contribution in [0.2, 0.25) is 10.0 Å². The topological polar surface area (TPSA) is 59.0 Å². The van der Waals surface area contributed by atoms with E-state index in [0.717, 1.165) is 43.0 Å². The van der Waals surface area contributed by atoms with Crippen LogP contribution in [0.5, 0.6) is 11.5 Å². The van der Waals surface area contributed by atoms with Crippen LogP contribution in [0.3, 0.4) is 0 Å². The largest absolute Gasteiger partial charge is 0.492 e. The fourth-order valence-electron chi connectivity index (χ4n) is 4.14. The number of fused-ring (bicyclic) bond motifs is 2. The number of likely N-dealkylation sites (tertiary alicyclic amines) is 1. The summed E-state index contributed by atoms with van der Waals surface area (Å²) in [4.78, 5) is 13.0. The van der Waals surface area contributed by atoms with Crippen LogP contribution < -0.4 is 9.47 Å². The Morgan fingerprint density at radius 3 is 2.44 bits per heavy atom. The third-order valence-corrected chi connectivity index (χ3v) is 6.64. The zero-order chi connectivity index (χ0) is 22.4. The molecular formula is C24H30Cl3NO4. The van der Waals surface area contributed by atoms with Crippen molar-refractivity contribution < 1.29 is 19.4 Å². The zero-order valence-electron chi connectivity index (χ0n) is 18.4. The Labute approximate surface area is 206 Å². The first-order valence-electron chi connectivity index (χ1n) is 10.7. The Balaban J connectivity index is 0.00000118. The van der Waals surface area contributed by atoms with E-state index in [9.17, 15) is 4.79 Å². The van der Waals surface area contributed by atoms with E-state index in [1.165, 1.54) is 5.56 Å². The second-order valence-electron chi connectivity index (χ2n) is 7.70. The van der Waals surface area contributed by atoms with Gasteiger partial charge in [0, 0.05) is 39.2 Å². The highest BCUT2D eigenvalue weighted by atomic mass is 35.5. The van der Waals surface area contributed by atoms with Gasteiger partial charge < -0.3 is 19.5 Å². The van der Waals surface area contributed by atoms with Gasteiger partial charge in [-0.3, -0.25) is 4.79 Å². The highest BCUT2D eigenvalue weighted by Gasteiger charge is 2.43. The number of aliphatic carboxylic acids is 1. The monoisotopic (exact) mass is 501 g/mol. The summed E-state index contributed by atoms with van der Waals surface area (Å²) in [6.07, 6.45) is 2.13. The minimum Gasteiger partial charge on any atom is -0.492 e. The van der Waals surface area contributed by atoms with Gasteiger partial charge in [-0.25, -0.2) is 0 Å². The highest BCUT2D eigenvalue weighted by molar-refractivity contribution is 6.35. The van der Waals surface area contributed by atoms with E-state index < -0.39 is 5.97 Å². The van der Waals surface area contributed by atoms with Gasteiger partial charge in [0.25, 0.3) is 0 Å². The maximum absolute atomic E-state index is 10.8. The van der Waals surface area contributed by atoms with Crippen LogP contribution in [-0.2, 0) is 16.8 Å². The molecule has 2 aliphatic heterocycles. The molecule has 0 amide bonds. The van der Waals surface area contributed by atoms with Gasteiger partial charge in [0.2, 0.25) is 0 Å². The van der Waals surface area contributed by atoms with Crippen molar-refractivity contribution in [3.8, 4) is 11.5 Å². The first-order chi connectivity index (χ1) is 15.0. The minimum absolute atomic E-state index is 0. The first kappa shape index (κ1) is 26.6. The van der Waals surface area contributed by atoms with Crippen molar-refractivity contribution in [2.75, 3.05) is 26.2 Å². The van der Waals surface area contributed by atoms with E-state index in [0.29, 0.717) is 29.8 Å². The highest BCUT2D eigenvalue weighted by Crippen LogP contribution is 2.46. The molecule has 1 saturated heterocycles. The van der Waals surface area contributed by atoms with Crippen molar-refractivity contribution >= 4 is 41.6 Å². The average Bonchev–Trinajstić information content (AvgIpc) is 3.12. The molecule has 0 bridgehead atoms. The molecular weight excluding hydrogens is 473 g/mol. The molecule has 0 saturated carbocycles. The number of hydrogen-bond donors (Lipinski definition) is 1. The van der Waals surface area contributed by atoms with E-state index in [1.807, 2.05) is 32.0 Å². The molecule has 0 atom stereocenters. The van der Waals surface area contributed by atoms with E-state index in [2.05, 4.69) is 11.0 Å². The number of nitrogens with zero attached hydrogens (tertiary/aromatic N) is 1. The first-order valence-corrected chi connectivity index (χ1v) is 11.5. The summed E-state index contributed by atoms with van der Waals surface area (Å²) in [5, 5.41) is 10.1. The Kier molecular flexibility index (Phi) is 9.96. The molecule has 1 N–H and O–H groups in total. The van der Waals surface area contributed by atoms with E-state index in [-0.39, 0.29) is 24.2 Å². The van der Waals surface area contributed by atoms with Crippen LogP contribution in [0.25, 0.3) is 0 Å². The van der Waals surface area contributed by atoms with Gasteiger partial charge in [0.1, 0.15) is 18.1 Å². The molecule has 0 aromatic heterocycles. The van der Waals surface area contributed by atoms with Crippen LogP contribution in [0, 0.1) is 0 Å². The van der Waals surface area contributed by atoms with Crippen molar-refractivity contribution in [3.05, 3.63) is 57.6 Å². The SMILES string of the molecule is CC.Cl.O=C(O)CCN1CCC2(CC1)COc1cc(OCc3c(Cl)cccc3Cl)ccc12. The number of carbonyl (C=O) groups is 1. The normalized spacial score (nSPS) is 16.2. The molecule has 0 radical (unpaired) electrons. The molecule has 0 unspecified atom stereocenters. The molecule has 32 heavy (non-hydrogen) atoms. The van der Waals surface area contributed by atoms with Crippen molar-refractivity contribution in [1.29, 1.82) is 0 Å². The molecule has 1 spiro atoms. The Morgan fingerprint density at radius 2 is 1.81 bits per heavy atom. The summed E-state index contributed by atoms with van der Waals surface area (Å²) < 4.78 is 11.9. The van der Waals surface area contributed by atoms with Crippen molar-refractivity contribution in [3.63, 3.8) is 0 Å². The average molecular weight is 503 g/mol. The molecule has 0 aliphatic carbocycles. The number of carboxylic acid groups (broad SMARTS) is 1. The maximum Gasteiger partial charge on any atom is 0.304 e. The van der Waals surface area contributed by atoms with Crippen molar-refractivity contribution in [1.82, 2.24) is 4.90 Å². The number of ether oxygens (including phenoxy) is 2. The van der Waals surface area contributed by atoms with Crippen LogP contribution in [0.4, 0.5) is 0 Å². The van der Waals surface area contributed by atoms with Gasteiger partial charge in [0.05, 0.1) is 13.0 Å². The van der Waals surface area contributed by atoms with Gasteiger partial charge in [0.15, 0.2) is 0 Å². The number of rotatable bonds is 6.